The zero-order valence-corrected chi connectivity index (χ0v) is 20.4. The molecule has 0 spiro atoms. The SMILES string of the molecule is CCN(CC)S(=O)(=O)c1ccc2c(c1)nc(SC(C)C(=O)Nc1ccc(F)c(F)c1)n2CC. The quantitative estimate of drug-likeness (QED) is 0.442. The summed E-state index contributed by atoms with van der Waals surface area (Å²) in [6, 6.07) is 7.99. The van der Waals surface area contributed by atoms with Crippen molar-refractivity contribution >= 4 is 44.4 Å². The van der Waals surface area contributed by atoms with Crippen LogP contribution in [0, 0.1) is 11.6 Å². The highest BCUT2D eigenvalue weighted by Crippen LogP contribution is 2.30. The molecule has 1 aromatic heterocycles. The molecular weight excluding hydrogens is 470 g/mol. The molecule has 1 unspecified atom stereocenters. The Hall–Kier alpha value is -2.50. The number of carbonyl (C=O) groups excluding carboxylic acids is 1. The number of aromatic nitrogens is 2. The number of sulfonamides is 1. The van der Waals surface area contributed by atoms with E-state index in [0.29, 0.717) is 30.3 Å². The zero-order chi connectivity index (χ0) is 24.3. The number of fused-ring (bicyclic) bond motifs is 1. The number of halogens is 2. The highest BCUT2D eigenvalue weighted by Gasteiger charge is 2.24. The van der Waals surface area contributed by atoms with Gasteiger partial charge in [-0.15, -0.1) is 0 Å². The van der Waals surface area contributed by atoms with Crippen molar-refractivity contribution in [2.75, 3.05) is 18.4 Å². The number of imidazole rings is 1. The number of hydrogen-bond acceptors (Lipinski definition) is 5. The first-order valence-electron chi connectivity index (χ1n) is 10.5. The van der Waals surface area contributed by atoms with Gasteiger partial charge in [-0.3, -0.25) is 4.79 Å². The van der Waals surface area contributed by atoms with E-state index in [1.807, 2.05) is 11.5 Å². The summed E-state index contributed by atoms with van der Waals surface area (Å²) in [6.45, 7) is 8.48. The standard InChI is InChI=1S/C22H26F2N4O3S2/c1-5-27(6-2)33(30,31)16-9-11-20-19(13-16)26-22(28(20)7-3)32-14(4)21(29)25-15-8-10-17(23)18(24)12-15/h8-14H,5-7H2,1-4H3,(H,25,29). The fourth-order valence-corrected chi connectivity index (χ4v) is 5.85. The number of hydrogen-bond donors (Lipinski definition) is 1. The van der Waals surface area contributed by atoms with Gasteiger partial charge in [-0.2, -0.15) is 4.31 Å². The largest absolute Gasteiger partial charge is 0.325 e. The third-order valence-corrected chi connectivity index (χ3v) is 8.32. The molecule has 0 saturated carbocycles. The average Bonchev–Trinajstić information content (AvgIpc) is 3.12. The van der Waals surface area contributed by atoms with E-state index in [4.69, 9.17) is 0 Å². The van der Waals surface area contributed by atoms with Crippen LogP contribution in [0.2, 0.25) is 0 Å². The van der Waals surface area contributed by atoms with Crippen LogP contribution in [0.15, 0.2) is 46.5 Å². The van der Waals surface area contributed by atoms with Crippen LogP contribution in [-0.2, 0) is 21.4 Å². The van der Waals surface area contributed by atoms with Crippen molar-refractivity contribution < 1.29 is 22.0 Å². The first-order valence-corrected chi connectivity index (χ1v) is 12.9. The van der Waals surface area contributed by atoms with Gasteiger partial charge in [-0.05, 0) is 44.2 Å². The van der Waals surface area contributed by atoms with Crippen LogP contribution in [0.1, 0.15) is 27.7 Å². The van der Waals surface area contributed by atoms with Crippen LogP contribution in [-0.4, -0.2) is 46.5 Å². The molecule has 2 aromatic carbocycles. The van der Waals surface area contributed by atoms with Crippen LogP contribution < -0.4 is 5.32 Å². The Labute approximate surface area is 196 Å². The minimum Gasteiger partial charge on any atom is -0.325 e. The van der Waals surface area contributed by atoms with Crippen LogP contribution in [0.3, 0.4) is 0 Å². The molecule has 0 aliphatic rings. The Morgan fingerprint density at radius 1 is 1.12 bits per heavy atom. The van der Waals surface area contributed by atoms with Gasteiger partial charge < -0.3 is 9.88 Å². The molecule has 0 aliphatic heterocycles. The summed E-state index contributed by atoms with van der Waals surface area (Å²) in [5.41, 5.74) is 1.43. The third kappa shape index (κ3) is 5.20. The van der Waals surface area contributed by atoms with E-state index in [-0.39, 0.29) is 10.6 Å². The Bertz CT molecular complexity index is 1270. The van der Waals surface area contributed by atoms with E-state index in [2.05, 4.69) is 10.3 Å². The highest BCUT2D eigenvalue weighted by molar-refractivity contribution is 8.00. The molecular formula is C22H26F2N4O3S2. The number of nitrogens with one attached hydrogen (secondary N) is 1. The Morgan fingerprint density at radius 2 is 1.82 bits per heavy atom. The molecule has 7 nitrogen and oxygen atoms in total. The van der Waals surface area contributed by atoms with Gasteiger partial charge in [0.25, 0.3) is 0 Å². The topological polar surface area (TPSA) is 84.3 Å². The molecule has 33 heavy (non-hydrogen) atoms. The Morgan fingerprint density at radius 3 is 2.42 bits per heavy atom. The smallest absolute Gasteiger partial charge is 0.243 e. The molecule has 1 amide bonds. The number of rotatable bonds is 9. The first-order chi connectivity index (χ1) is 15.6. The molecule has 3 rings (SSSR count). The lowest BCUT2D eigenvalue weighted by Gasteiger charge is -2.18. The van der Waals surface area contributed by atoms with Gasteiger partial charge in [0.15, 0.2) is 16.8 Å². The maximum atomic E-state index is 13.4. The molecule has 1 heterocycles. The van der Waals surface area contributed by atoms with E-state index >= 15 is 0 Å². The Kier molecular flexibility index (Phi) is 7.76. The number of nitrogens with zero attached hydrogens (tertiary/aromatic N) is 3. The van der Waals surface area contributed by atoms with Crippen molar-refractivity contribution in [2.45, 2.75) is 49.5 Å². The summed E-state index contributed by atoms with van der Waals surface area (Å²) in [5.74, 6) is -2.43. The number of carbonyl (C=O) groups is 1. The summed E-state index contributed by atoms with van der Waals surface area (Å²) in [6.07, 6.45) is 0. The highest BCUT2D eigenvalue weighted by atomic mass is 32.2. The molecule has 0 saturated heterocycles. The third-order valence-electron chi connectivity index (χ3n) is 5.18. The van der Waals surface area contributed by atoms with Crippen LogP contribution in [0.5, 0.6) is 0 Å². The maximum absolute atomic E-state index is 13.4. The van der Waals surface area contributed by atoms with Crippen molar-refractivity contribution in [1.82, 2.24) is 13.9 Å². The second-order valence-electron chi connectivity index (χ2n) is 7.26. The summed E-state index contributed by atoms with van der Waals surface area (Å²) in [4.78, 5) is 17.3. The minimum absolute atomic E-state index is 0.154. The van der Waals surface area contributed by atoms with Gasteiger partial charge in [0.05, 0.1) is 21.2 Å². The number of anilines is 1. The number of thioether (sulfide) groups is 1. The molecule has 1 N–H and O–H groups in total. The summed E-state index contributed by atoms with van der Waals surface area (Å²) >= 11 is 1.20. The molecule has 11 heteroatoms. The lowest BCUT2D eigenvalue weighted by atomic mass is 10.3. The molecule has 0 bridgehead atoms. The van der Waals surface area contributed by atoms with Gasteiger partial charge in [-0.25, -0.2) is 22.2 Å². The fourth-order valence-electron chi connectivity index (χ4n) is 3.39. The number of amides is 1. The van der Waals surface area contributed by atoms with Crippen LogP contribution in [0.4, 0.5) is 14.5 Å². The van der Waals surface area contributed by atoms with Gasteiger partial charge >= 0.3 is 0 Å². The van der Waals surface area contributed by atoms with E-state index in [1.54, 1.807) is 39.0 Å². The van der Waals surface area contributed by atoms with E-state index in [9.17, 15) is 22.0 Å². The average molecular weight is 497 g/mol. The molecule has 178 valence electrons. The lowest BCUT2D eigenvalue weighted by Crippen LogP contribution is -2.30. The first kappa shape index (κ1) is 25.1. The summed E-state index contributed by atoms with van der Waals surface area (Å²) in [5, 5.41) is 2.52. The lowest BCUT2D eigenvalue weighted by molar-refractivity contribution is -0.115. The molecule has 0 radical (unpaired) electrons. The monoisotopic (exact) mass is 496 g/mol. The Balaban J connectivity index is 1.86. The second kappa shape index (κ2) is 10.2. The normalized spacial score (nSPS) is 12.9. The predicted molar refractivity (Wildman–Crippen MR) is 126 cm³/mol. The van der Waals surface area contributed by atoms with Crippen molar-refractivity contribution in [3.63, 3.8) is 0 Å². The summed E-state index contributed by atoms with van der Waals surface area (Å²) < 4.78 is 55.5. The zero-order valence-electron chi connectivity index (χ0n) is 18.8. The van der Waals surface area contributed by atoms with Gasteiger partial charge in [-0.1, -0.05) is 25.6 Å². The van der Waals surface area contributed by atoms with Gasteiger partial charge in [0.1, 0.15) is 0 Å². The van der Waals surface area contributed by atoms with Crippen LogP contribution >= 0.6 is 11.8 Å². The van der Waals surface area contributed by atoms with E-state index in [0.717, 1.165) is 17.6 Å². The summed E-state index contributed by atoms with van der Waals surface area (Å²) in [7, 11) is -3.62. The molecule has 3 aromatic rings. The molecule has 0 fully saturated rings. The van der Waals surface area contributed by atoms with E-state index in [1.165, 1.54) is 22.1 Å². The fraction of sp³-hybridized carbons (Fsp3) is 0.364. The van der Waals surface area contributed by atoms with Crippen molar-refractivity contribution in [2.24, 2.45) is 0 Å². The van der Waals surface area contributed by atoms with Gasteiger partial charge in [0, 0.05) is 31.4 Å². The second-order valence-corrected chi connectivity index (χ2v) is 10.5. The maximum Gasteiger partial charge on any atom is 0.243 e. The van der Waals surface area contributed by atoms with Crippen molar-refractivity contribution in [3.05, 3.63) is 48.0 Å². The molecule has 0 aliphatic carbocycles. The minimum atomic E-state index is -3.62. The van der Waals surface area contributed by atoms with Crippen molar-refractivity contribution in [3.8, 4) is 0 Å². The molecule has 1 atom stereocenters. The van der Waals surface area contributed by atoms with Gasteiger partial charge in [0.2, 0.25) is 15.9 Å². The van der Waals surface area contributed by atoms with Crippen LogP contribution in [0.25, 0.3) is 11.0 Å². The number of benzene rings is 2. The van der Waals surface area contributed by atoms with E-state index < -0.39 is 32.8 Å². The predicted octanol–water partition coefficient (Wildman–Crippen LogP) is 4.48. The van der Waals surface area contributed by atoms with Crippen molar-refractivity contribution in [1.29, 1.82) is 0 Å². The number of aryl methyl sites for hydroxylation is 1.